The summed E-state index contributed by atoms with van der Waals surface area (Å²) in [5.41, 5.74) is 5.86. The van der Waals surface area contributed by atoms with E-state index in [2.05, 4.69) is 68.6 Å². The maximum atomic E-state index is 4.69. The zero-order chi connectivity index (χ0) is 14.1. The predicted molar refractivity (Wildman–Crippen MR) is 92.9 cm³/mol. The third-order valence-corrected chi connectivity index (χ3v) is 3.58. The standard InChI is InChI=1S/C18H18N2.ClH/c1-12-8-9-13(2)17(10-12)20-18-11-14(3)15-6-4-5-7-16(15)19-18;/h4-11H,1-3H3,(H,19,20);1H. The first-order valence-corrected chi connectivity index (χ1v) is 6.84. The van der Waals surface area contributed by atoms with Gasteiger partial charge in [-0.25, -0.2) is 4.98 Å². The number of nitrogens with zero attached hydrogens (tertiary/aromatic N) is 1. The highest BCUT2D eigenvalue weighted by atomic mass is 35.5. The highest BCUT2D eigenvalue weighted by molar-refractivity contribution is 5.85. The first-order chi connectivity index (χ1) is 9.63. The van der Waals surface area contributed by atoms with E-state index in [1.165, 1.54) is 22.1 Å². The zero-order valence-corrected chi connectivity index (χ0v) is 13.3. The summed E-state index contributed by atoms with van der Waals surface area (Å²) < 4.78 is 0. The summed E-state index contributed by atoms with van der Waals surface area (Å²) in [5.74, 6) is 0.898. The minimum atomic E-state index is 0. The number of anilines is 2. The average Bonchev–Trinajstić information content (AvgIpc) is 2.43. The van der Waals surface area contributed by atoms with Gasteiger partial charge in [0, 0.05) is 11.1 Å². The molecule has 0 saturated heterocycles. The van der Waals surface area contributed by atoms with Gasteiger partial charge in [-0.3, -0.25) is 0 Å². The first kappa shape index (κ1) is 15.3. The van der Waals surface area contributed by atoms with E-state index in [0.717, 1.165) is 17.0 Å². The van der Waals surface area contributed by atoms with Crippen molar-refractivity contribution in [3.05, 3.63) is 65.2 Å². The van der Waals surface area contributed by atoms with Crippen molar-refractivity contribution in [2.45, 2.75) is 20.8 Å². The Labute approximate surface area is 131 Å². The minimum absolute atomic E-state index is 0. The van der Waals surface area contributed by atoms with Crippen LogP contribution in [-0.4, -0.2) is 4.98 Å². The second-order valence-electron chi connectivity index (χ2n) is 5.28. The van der Waals surface area contributed by atoms with Crippen molar-refractivity contribution in [3.8, 4) is 0 Å². The summed E-state index contributed by atoms with van der Waals surface area (Å²) in [6, 6.07) is 16.7. The van der Waals surface area contributed by atoms with Gasteiger partial charge >= 0.3 is 0 Å². The predicted octanol–water partition coefficient (Wildman–Crippen LogP) is 5.33. The Bertz CT molecular complexity index is 781. The summed E-state index contributed by atoms with van der Waals surface area (Å²) in [7, 11) is 0. The SMILES string of the molecule is Cc1ccc(C)c(Nc2cc(C)c3ccccc3n2)c1.Cl. The Morgan fingerprint density at radius 1 is 0.857 bits per heavy atom. The van der Waals surface area contributed by atoms with E-state index in [0.29, 0.717) is 0 Å². The summed E-state index contributed by atoms with van der Waals surface area (Å²) >= 11 is 0. The molecule has 0 spiro atoms. The molecule has 0 aliphatic rings. The number of aromatic nitrogens is 1. The molecule has 3 rings (SSSR count). The largest absolute Gasteiger partial charge is 0.340 e. The highest BCUT2D eigenvalue weighted by Crippen LogP contribution is 2.24. The Morgan fingerprint density at radius 2 is 1.62 bits per heavy atom. The van der Waals surface area contributed by atoms with Crippen LogP contribution in [0.4, 0.5) is 11.5 Å². The molecule has 2 aromatic carbocycles. The Morgan fingerprint density at radius 3 is 2.43 bits per heavy atom. The fraction of sp³-hybridized carbons (Fsp3) is 0.167. The summed E-state index contributed by atoms with van der Waals surface area (Å²) in [4.78, 5) is 4.69. The maximum Gasteiger partial charge on any atom is 0.131 e. The molecule has 0 fully saturated rings. The number of rotatable bonds is 2. The van der Waals surface area contributed by atoms with E-state index in [1.807, 2.05) is 6.07 Å². The van der Waals surface area contributed by atoms with Crippen molar-refractivity contribution >= 4 is 34.8 Å². The van der Waals surface area contributed by atoms with Crippen LogP contribution < -0.4 is 5.32 Å². The van der Waals surface area contributed by atoms with Gasteiger partial charge in [0.25, 0.3) is 0 Å². The van der Waals surface area contributed by atoms with Gasteiger partial charge in [0.15, 0.2) is 0 Å². The molecular weight excluding hydrogens is 280 g/mol. The van der Waals surface area contributed by atoms with Crippen molar-refractivity contribution in [2.24, 2.45) is 0 Å². The number of para-hydroxylation sites is 1. The van der Waals surface area contributed by atoms with Crippen LogP contribution in [0.25, 0.3) is 10.9 Å². The molecule has 0 aliphatic carbocycles. The second kappa shape index (κ2) is 6.15. The molecule has 1 aromatic heterocycles. The van der Waals surface area contributed by atoms with Crippen LogP contribution in [0.2, 0.25) is 0 Å². The zero-order valence-electron chi connectivity index (χ0n) is 12.5. The number of hydrogen-bond donors (Lipinski definition) is 1. The normalized spacial score (nSPS) is 10.2. The Hall–Kier alpha value is -2.06. The monoisotopic (exact) mass is 298 g/mol. The van der Waals surface area contributed by atoms with Crippen molar-refractivity contribution < 1.29 is 0 Å². The molecule has 3 aromatic rings. The van der Waals surface area contributed by atoms with Crippen LogP contribution in [-0.2, 0) is 0 Å². The number of fused-ring (bicyclic) bond motifs is 1. The van der Waals surface area contributed by atoms with E-state index in [9.17, 15) is 0 Å². The fourth-order valence-corrected chi connectivity index (χ4v) is 2.42. The lowest BCUT2D eigenvalue weighted by Crippen LogP contribution is -1.97. The third kappa shape index (κ3) is 3.17. The quantitative estimate of drug-likeness (QED) is 0.692. The van der Waals surface area contributed by atoms with Crippen LogP contribution in [0.1, 0.15) is 16.7 Å². The topological polar surface area (TPSA) is 24.9 Å². The van der Waals surface area contributed by atoms with Crippen LogP contribution in [0.15, 0.2) is 48.5 Å². The highest BCUT2D eigenvalue weighted by Gasteiger charge is 2.04. The number of halogens is 1. The van der Waals surface area contributed by atoms with Crippen molar-refractivity contribution in [1.82, 2.24) is 4.98 Å². The van der Waals surface area contributed by atoms with Crippen LogP contribution >= 0.6 is 12.4 Å². The number of nitrogens with one attached hydrogen (secondary N) is 1. The third-order valence-electron chi connectivity index (χ3n) is 3.58. The van der Waals surface area contributed by atoms with Crippen LogP contribution in [0, 0.1) is 20.8 Å². The molecule has 0 bridgehead atoms. The average molecular weight is 299 g/mol. The molecule has 0 atom stereocenters. The minimum Gasteiger partial charge on any atom is -0.340 e. The van der Waals surface area contributed by atoms with Gasteiger partial charge in [-0.2, -0.15) is 0 Å². The lowest BCUT2D eigenvalue weighted by atomic mass is 10.1. The van der Waals surface area contributed by atoms with Gasteiger partial charge in [0.2, 0.25) is 0 Å². The van der Waals surface area contributed by atoms with E-state index in [-0.39, 0.29) is 12.4 Å². The van der Waals surface area contributed by atoms with E-state index in [4.69, 9.17) is 4.98 Å². The van der Waals surface area contributed by atoms with E-state index in [1.54, 1.807) is 0 Å². The van der Waals surface area contributed by atoms with Gasteiger partial charge < -0.3 is 5.32 Å². The molecule has 0 aliphatic heterocycles. The lowest BCUT2D eigenvalue weighted by Gasteiger charge is -2.12. The molecule has 1 N–H and O–H groups in total. The van der Waals surface area contributed by atoms with Gasteiger partial charge in [0.1, 0.15) is 5.82 Å². The Balaban J connectivity index is 0.00000161. The smallest absolute Gasteiger partial charge is 0.131 e. The molecule has 3 heteroatoms. The maximum absolute atomic E-state index is 4.69. The second-order valence-corrected chi connectivity index (χ2v) is 5.28. The van der Waals surface area contributed by atoms with E-state index >= 15 is 0 Å². The van der Waals surface area contributed by atoms with Crippen molar-refractivity contribution in [1.29, 1.82) is 0 Å². The molecule has 0 amide bonds. The van der Waals surface area contributed by atoms with Crippen LogP contribution in [0.3, 0.4) is 0 Å². The molecule has 0 unspecified atom stereocenters. The summed E-state index contributed by atoms with van der Waals surface area (Å²) in [6.45, 7) is 6.33. The van der Waals surface area contributed by atoms with Crippen LogP contribution in [0.5, 0.6) is 0 Å². The number of hydrogen-bond acceptors (Lipinski definition) is 2. The van der Waals surface area contributed by atoms with Crippen molar-refractivity contribution in [3.63, 3.8) is 0 Å². The fourth-order valence-electron chi connectivity index (χ4n) is 2.42. The molecule has 0 saturated carbocycles. The number of aryl methyl sites for hydroxylation is 3. The molecule has 108 valence electrons. The van der Waals surface area contributed by atoms with E-state index < -0.39 is 0 Å². The molecule has 2 nitrogen and oxygen atoms in total. The summed E-state index contributed by atoms with van der Waals surface area (Å²) in [5, 5.41) is 4.64. The van der Waals surface area contributed by atoms with Gasteiger partial charge in [0.05, 0.1) is 5.52 Å². The summed E-state index contributed by atoms with van der Waals surface area (Å²) in [6.07, 6.45) is 0. The Kier molecular flexibility index (Phi) is 4.49. The van der Waals surface area contributed by atoms with Gasteiger partial charge in [-0.05, 0) is 55.7 Å². The van der Waals surface area contributed by atoms with Gasteiger partial charge in [-0.15, -0.1) is 12.4 Å². The van der Waals surface area contributed by atoms with Gasteiger partial charge in [-0.1, -0.05) is 30.3 Å². The molecule has 0 radical (unpaired) electrons. The lowest BCUT2D eigenvalue weighted by molar-refractivity contribution is 1.31. The first-order valence-electron chi connectivity index (χ1n) is 6.84. The molecule has 1 heterocycles. The molecule has 21 heavy (non-hydrogen) atoms. The van der Waals surface area contributed by atoms with Crippen molar-refractivity contribution in [2.75, 3.05) is 5.32 Å². The number of pyridine rings is 1. The molecular formula is C18H19ClN2. The number of benzene rings is 2.